The molecule has 3 heterocycles. The van der Waals surface area contributed by atoms with Crippen LogP contribution >= 0.6 is 0 Å². The third-order valence-electron chi connectivity index (χ3n) is 4.69. The first kappa shape index (κ1) is 13.1. The third kappa shape index (κ3) is 2.57. The van der Waals surface area contributed by atoms with Crippen molar-refractivity contribution in [3.8, 4) is 0 Å². The van der Waals surface area contributed by atoms with Gasteiger partial charge in [0.1, 0.15) is 0 Å². The summed E-state index contributed by atoms with van der Waals surface area (Å²) in [4.78, 5) is 15.0. The van der Waals surface area contributed by atoms with E-state index in [1.54, 1.807) is 4.90 Å². The maximum Gasteiger partial charge on any atom is 0.407 e. The van der Waals surface area contributed by atoms with Gasteiger partial charge in [0, 0.05) is 31.7 Å². The van der Waals surface area contributed by atoms with Gasteiger partial charge in [0.25, 0.3) is 0 Å². The zero-order chi connectivity index (χ0) is 13.5. The molecular weight excluding hydrogens is 248 g/mol. The first-order valence-electron chi connectivity index (χ1n) is 7.11. The second-order valence-corrected chi connectivity index (χ2v) is 6.10. The Morgan fingerprint density at radius 2 is 1.79 bits per heavy atom. The number of rotatable bonds is 2. The van der Waals surface area contributed by atoms with Crippen molar-refractivity contribution < 1.29 is 19.7 Å². The number of morpholine rings is 1. The van der Waals surface area contributed by atoms with Gasteiger partial charge in [-0.3, -0.25) is 4.90 Å². The van der Waals surface area contributed by atoms with Crippen molar-refractivity contribution in [3.63, 3.8) is 0 Å². The van der Waals surface area contributed by atoms with Crippen LogP contribution < -0.4 is 0 Å². The molecule has 0 spiro atoms. The van der Waals surface area contributed by atoms with Crippen LogP contribution in [-0.4, -0.2) is 76.6 Å². The molecule has 108 valence electrons. The Balaban J connectivity index is 1.65. The van der Waals surface area contributed by atoms with E-state index >= 15 is 0 Å². The molecule has 2 bridgehead atoms. The number of β-amino-alcohol motifs (C(OH)–C–C–N with tert-alkyl or cyclic N) is 1. The van der Waals surface area contributed by atoms with Gasteiger partial charge in [-0.15, -0.1) is 0 Å². The standard InChI is InChI=1S/C13H22N2O4/c16-12(17)15-10-1-2-11(15)8-13(18,7-10)9-14-3-5-19-6-4-14/h10-11,18H,1-9H2,(H,16,17)/t10-,11?,13?/m0/s1. The van der Waals surface area contributed by atoms with E-state index < -0.39 is 11.7 Å². The number of nitrogens with zero attached hydrogens (tertiary/aromatic N) is 2. The molecule has 3 atom stereocenters. The Morgan fingerprint density at radius 3 is 2.32 bits per heavy atom. The number of hydrogen-bond donors (Lipinski definition) is 2. The van der Waals surface area contributed by atoms with Crippen LogP contribution in [0.15, 0.2) is 0 Å². The molecule has 6 heteroatoms. The number of carbonyl (C=O) groups is 1. The summed E-state index contributed by atoms with van der Waals surface area (Å²) >= 11 is 0. The Labute approximate surface area is 112 Å². The molecule has 3 aliphatic heterocycles. The number of aliphatic hydroxyl groups is 1. The number of fused-ring (bicyclic) bond motifs is 2. The molecule has 0 aromatic rings. The van der Waals surface area contributed by atoms with Gasteiger partial charge in [-0.05, 0) is 25.7 Å². The molecule has 19 heavy (non-hydrogen) atoms. The quantitative estimate of drug-likeness (QED) is 0.757. The number of carboxylic acid groups (broad SMARTS) is 1. The second kappa shape index (κ2) is 4.92. The first-order chi connectivity index (χ1) is 9.07. The van der Waals surface area contributed by atoms with Crippen LogP contribution in [-0.2, 0) is 4.74 Å². The van der Waals surface area contributed by atoms with Crippen LogP contribution in [0, 0.1) is 0 Å². The number of hydrogen-bond acceptors (Lipinski definition) is 4. The molecule has 6 nitrogen and oxygen atoms in total. The molecule has 0 aromatic heterocycles. The molecule has 0 radical (unpaired) electrons. The molecule has 3 saturated heterocycles. The predicted molar refractivity (Wildman–Crippen MR) is 68.1 cm³/mol. The van der Waals surface area contributed by atoms with Crippen molar-refractivity contribution in [1.82, 2.24) is 9.80 Å². The van der Waals surface area contributed by atoms with E-state index in [4.69, 9.17) is 4.74 Å². The van der Waals surface area contributed by atoms with Crippen LogP contribution in [0.1, 0.15) is 25.7 Å². The molecule has 0 aliphatic carbocycles. The molecule has 0 saturated carbocycles. The Hall–Kier alpha value is -0.850. The summed E-state index contributed by atoms with van der Waals surface area (Å²) in [6.45, 7) is 3.83. The summed E-state index contributed by atoms with van der Waals surface area (Å²) in [5, 5.41) is 20.0. The van der Waals surface area contributed by atoms with E-state index in [0.717, 1.165) is 39.1 Å². The molecule has 3 rings (SSSR count). The van der Waals surface area contributed by atoms with E-state index in [-0.39, 0.29) is 12.1 Å². The minimum Gasteiger partial charge on any atom is -0.465 e. The molecule has 1 amide bonds. The van der Waals surface area contributed by atoms with Crippen molar-refractivity contribution in [3.05, 3.63) is 0 Å². The number of amides is 1. The van der Waals surface area contributed by atoms with E-state index in [9.17, 15) is 15.0 Å². The molecule has 3 fully saturated rings. The fourth-order valence-electron chi connectivity index (χ4n) is 3.94. The van der Waals surface area contributed by atoms with Crippen molar-refractivity contribution in [2.75, 3.05) is 32.8 Å². The van der Waals surface area contributed by atoms with Crippen LogP contribution in [0.25, 0.3) is 0 Å². The normalized spacial score (nSPS) is 39.5. The minimum atomic E-state index is -0.832. The topological polar surface area (TPSA) is 73.2 Å². The predicted octanol–water partition coefficient (Wildman–Crippen LogP) is 0.355. The molecule has 2 unspecified atom stereocenters. The minimum absolute atomic E-state index is 0.00212. The van der Waals surface area contributed by atoms with Crippen molar-refractivity contribution >= 4 is 6.09 Å². The smallest absolute Gasteiger partial charge is 0.407 e. The summed E-state index contributed by atoms with van der Waals surface area (Å²) in [6, 6.07) is 0.00424. The maximum atomic E-state index is 11.2. The highest BCUT2D eigenvalue weighted by Crippen LogP contribution is 2.41. The van der Waals surface area contributed by atoms with Crippen molar-refractivity contribution in [2.45, 2.75) is 43.4 Å². The van der Waals surface area contributed by atoms with E-state index in [0.29, 0.717) is 19.4 Å². The first-order valence-corrected chi connectivity index (χ1v) is 7.11. The number of piperidine rings is 1. The summed E-state index contributed by atoms with van der Waals surface area (Å²) in [6.07, 6.45) is 2.10. The largest absolute Gasteiger partial charge is 0.465 e. The van der Waals surface area contributed by atoms with Gasteiger partial charge in [-0.2, -0.15) is 0 Å². The zero-order valence-electron chi connectivity index (χ0n) is 11.1. The summed E-state index contributed by atoms with van der Waals surface area (Å²) < 4.78 is 5.32. The van der Waals surface area contributed by atoms with Crippen molar-refractivity contribution in [2.24, 2.45) is 0 Å². The van der Waals surface area contributed by atoms with Crippen LogP contribution in [0.4, 0.5) is 4.79 Å². The SMILES string of the molecule is O=C(O)N1C2CC[C@H]1CC(O)(CN1CCOCC1)C2. The van der Waals surface area contributed by atoms with E-state index in [1.165, 1.54) is 0 Å². The van der Waals surface area contributed by atoms with Crippen LogP contribution in [0.3, 0.4) is 0 Å². The fourth-order valence-corrected chi connectivity index (χ4v) is 3.94. The summed E-state index contributed by atoms with van der Waals surface area (Å²) in [5.74, 6) is 0. The zero-order valence-corrected chi connectivity index (χ0v) is 11.1. The van der Waals surface area contributed by atoms with Crippen LogP contribution in [0.2, 0.25) is 0 Å². The summed E-state index contributed by atoms with van der Waals surface area (Å²) in [7, 11) is 0. The van der Waals surface area contributed by atoms with Gasteiger partial charge in [-0.1, -0.05) is 0 Å². The average molecular weight is 270 g/mol. The average Bonchev–Trinajstić information content (AvgIpc) is 2.64. The van der Waals surface area contributed by atoms with Gasteiger partial charge in [-0.25, -0.2) is 4.79 Å². The van der Waals surface area contributed by atoms with Gasteiger partial charge in [0.2, 0.25) is 0 Å². The number of ether oxygens (including phenoxy) is 1. The lowest BCUT2D eigenvalue weighted by atomic mass is 9.85. The Morgan fingerprint density at radius 1 is 1.21 bits per heavy atom. The lowest BCUT2D eigenvalue weighted by Crippen LogP contribution is -2.57. The fraction of sp³-hybridized carbons (Fsp3) is 0.923. The van der Waals surface area contributed by atoms with E-state index in [2.05, 4.69) is 4.90 Å². The second-order valence-electron chi connectivity index (χ2n) is 6.10. The molecular formula is C13H22N2O4. The third-order valence-corrected chi connectivity index (χ3v) is 4.69. The molecule has 0 aromatic carbocycles. The molecule has 2 N–H and O–H groups in total. The lowest BCUT2D eigenvalue weighted by Gasteiger charge is -2.45. The molecule has 3 aliphatic rings. The van der Waals surface area contributed by atoms with Gasteiger partial charge in [0.15, 0.2) is 0 Å². The summed E-state index contributed by atoms with van der Waals surface area (Å²) in [5.41, 5.74) is -0.727. The Bertz CT molecular complexity index is 343. The van der Waals surface area contributed by atoms with E-state index in [1.807, 2.05) is 0 Å². The van der Waals surface area contributed by atoms with Crippen LogP contribution in [0.5, 0.6) is 0 Å². The highest BCUT2D eigenvalue weighted by molar-refractivity contribution is 5.66. The van der Waals surface area contributed by atoms with Crippen molar-refractivity contribution in [1.29, 1.82) is 0 Å². The Kier molecular flexibility index (Phi) is 3.41. The van der Waals surface area contributed by atoms with Gasteiger partial charge >= 0.3 is 6.09 Å². The lowest BCUT2D eigenvalue weighted by molar-refractivity contribution is -0.0779. The van der Waals surface area contributed by atoms with Gasteiger partial charge in [0.05, 0.1) is 18.8 Å². The highest BCUT2D eigenvalue weighted by Gasteiger charge is 2.49. The van der Waals surface area contributed by atoms with Gasteiger partial charge < -0.3 is 19.8 Å². The highest BCUT2D eigenvalue weighted by atomic mass is 16.5. The monoisotopic (exact) mass is 270 g/mol. The maximum absolute atomic E-state index is 11.2.